The lowest BCUT2D eigenvalue weighted by atomic mass is 10.1. The zero-order valence-electron chi connectivity index (χ0n) is 13.2. The lowest BCUT2D eigenvalue weighted by molar-refractivity contribution is -0.152. The summed E-state index contributed by atoms with van der Waals surface area (Å²) < 4.78 is 5.14. The minimum Gasteiger partial charge on any atom is -0.481 e. The minimum absolute atomic E-state index is 0.0806. The molecule has 2 atom stereocenters. The number of aliphatic carboxylic acids is 2. The summed E-state index contributed by atoms with van der Waals surface area (Å²) in [6.07, 6.45) is 4.18. The zero-order valence-corrected chi connectivity index (χ0v) is 13.2. The molecule has 0 spiro atoms. The van der Waals surface area contributed by atoms with E-state index in [4.69, 9.17) is 20.1 Å². The van der Waals surface area contributed by atoms with Crippen molar-refractivity contribution in [2.75, 3.05) is 0 Å². The van der Waals surface area contributed by atoms with Crippen molar-refractivity contribution in [3.63, 3.8) is 0 Å². The molecule has 0 aliphatic heterocycles. The van der Waals surface area contributed by atoms with Crippen molar-refractivity contribution in [1.82, 2.24) is 0 Å². The Kier molecular flexibility index (Phi) is 14.3. The van der Waals surface area contributed by atoms with E-state index in [1.165, 1.54) is 18.9 Å². The molecule has 22 heavy (non-hydrogen) atoms. The molecule has 7 heteroatoms. The Morgan fingerprint density at radius 2 is 1.77 bits per heavy atom. The number of carboxylic acid groups (broad SMARTS) is 2. The highest BCUT2D eigenvalue weighted by Gasteiger charge is 2.16. The van der Waals surface area contributed by atoms with E-state index in [2.05, 4.69) is 13.5 Å². The molecule has 0 radical (unpaired) electrons. The molecule has 3 N–H and O–H groups in total. The highest BCUT2D eigenvalue weighted by Crippen LogP contribution is 2.10. The summed E-state index contributed by atoms with van der Waals surface area (Å²) in [5.74, 6) is -3.15. The van der Waals surface area contributed by atoms with E-state index < -0.39 is 24.5 Å². The fourth-order valence-electron chi connectivity index (χ4n) is 1.43. The van der Waals surface area contributed by atoms with Crippen LogP contribution < -0.4 is 0 Å². The Balaban J connectivity index is 0. The molecule has 0 aromatic rings. The van der Waals surface area contributed by atoms with Crippen LogP contribution in [0.4, 0.5) is 0 Å². The van der Waals surface area contributed by atoms with Gasteiger partial charge in [-0.05, 0) is 19.3 Å². The van der Waals surface area contributed by atoms with Crippen LogP contribution in [0, 0.1) is 0 Å². The SMILES string of the molecule is C=CC(=O)OC(CC)CCCCC.O=C(O)CC(O)C(=O)O. The van der Waals surface area contributed by atoms with E-state index in [-0.39, 0.29) is 12.1 Å². The highest BCUT2D eigenvalue weighted by atomic mass is 16.5. The number of rotatable bonds is 10. The van der Waals surface area contributed by atoms with Gasteiger partial charge in [-0.15, -0.1) is 0 Å². The van der Waals surface area contributed by atoms with Crippen LogP contribution in [-0.2, 0) is 19.1 Å². The van der Waals surface area contributed by atoms with Gasteiger partial charge in [-0.3, -0.25) is 4.79 Å². The number of aliphatic hydroxyl groups is 1. The summed E-state index contributed by atoms with van der Waals surface area (Å²) >= 11 is 0. The van der Waals surface area contributed by atoms with E-state index in [1.54, 1.807) is 0 Å². The molecule has 0 aliphatic carbocycles. The number of hydrogen-bond donors (Lipinski definition) is 3. The van der Waals surface area contributed by atoms with Gasteiger partial charge in [0.1, 0.15) is 6.10 Å². The largest absolute Gasteiger partial charge is 0.481 e. The van der Waals surface area contributed by atoms with Crippen LogP contribution in [0.15, 0.2) is 12.7 Å². The summed E-state index contributed by atoms with van der Waals surface area (Å²) in [5.41, 5.74) is 0. The molecular weight excluding hydrogens is 292 g/mol. The molecule has 0 rings (SSSR count). The van der Waals surface area contributed by atoms with E-state index in [9.17, 15) is 14.4 Å². The summed E-state index contributed by atoms with van der Waals surface area (Å²) in [7, 11) is 0. The molecule has 0 aliphatic rings. The standard InChI is InChI=1S/C11H20O2.C4H6O5/c1-4-7-8-9-10(5-2)13-11(12)6-3;5-2(4(8)9)1-3(6)7/h6,10H,3-5,7-9H2,1-2H3;2,5H,1H2,(H,6,7)(H,8,9). The van der Waals surface area contributed by atoms with Gasteiger partial charge in [0.15, 0.2) is 6.10 Å². The van der Waals surface area contributed by atoms with Gasteiger partial charge in [-0.25, -0.2) is 9.59 Å². The smallest absolute Gasteiger partial charge is 0.333 e. The maximum Gasteiger partial charge on any atom is 0.333 e. The van der Waals surface area contributed by atoms with Crippen molar-refractivity contribution in [3.05, 3.63) is 12.7 Å². The van der Waals surface area contributed by atoms with Gasteiger partial charge in [0.2, 0.25) is 0 Å². The Bertz CT molecular complexity index is 352. The fourth-order valence-corrected chi connectivity index (χ4v) is 1.43. The van der Waals surface area contributed by atoms with Gasteiger partial charge < -0.3 is 20.1 Å². The molecule has 0 heterocycles. The van der Waals surface area contributed by atoms with Crippen LogP contribution in [0.5, 0.6) is 0 Å². The second kappa shape index (κ2) is 14.1. The van der Waals surface area contributed by atoms with Crippen molar-refractivity contribution >= 4 is 17.9 Å². The van der Waals surface area contributed by atoms with E-state index in [1.807, 2.05) is 6.92 Å². The highest BCUT2D eigenvalue weighted by molar-refractivity contribution is 5.81. The molecule has 0 aromatic carbocycles. The second-order valence-corrected chi connectivity index (χ2v) is 4.62. The average Bonchev–Trinajstić information content (AvgIpc) is 2.46. The predicted molar refractivity (Wildman–Crippen MR) is 80.4 cm³/mol. The van der Waals surface area contributed by atoms with Crippen molar-refractivity contribution in [1.29, 1.82) is 0 Å². The maximum atomic E-state index is 10.9. The third-order valence-electron chi connectivity index (χ3n) is 2.69. The minimum atomic E-state index is -1.79. The van der Waals surface area contributed by atoms with E-state index in [0.29, 0.717) is 0 Å². The van der Waals surface area contributed by atoms with E-state index >= 15 is 0 Å². The number of ether oxygens (including phenoxy) is 1. The van der Waals surface area contributed by atoms with Crippen molar-refractivity contribution < 1.29 is 34.4 Å². The fraction of sp³-hybridized carbons (Fsp3) is 0.667. The molecule has 7 nitrogen and oxygen atoms in total. The molecule has 2 unspecified atom stereocenters. The number of carboxylic acids is 2. The molecule has 0 saturated carbocycles. The molecule has 0 bridgehead atoms. The lowest BCUT2D eigenvalue weighted by Gasteiger charge is -2.14. The first-order valence-electron chi connectivity index (χ1n) is 7.24. The zero-order chi connectivity index (χ0) is 17.5. The molecule has 0 amide bonds. The van der Waals surface area contributed by atoms with Gasteiger partial charge >= 0.3 is 17.9 Å². The topological polar surface area (TPSA) is 121 Å². The first-order chi connectivity index (χ1) is 10.3. The average molecular weight is 318 g/mol. The van der Waals surface area contributed by atoms with Crippen LogP contribution in [0.1, 0.15) is 52.4 Å². The summed E-state index contributed by atoms with van der Waals surface area (Å²) in [4.78, 5) is 30.3. The first-order valence-corrected chi connectivity index (χ1v) is 7.24. The van der Waals surface area contributed by atoms with Crippen LogP contribution in [0.3, 0.4) is 0 Å². The normalized spacial score (nSPS) is 12.3. The lowest BCUT2D eigenvalue weighted by Crippen LogP contribution is -2.22. The van der Waals surface area contributed by atoms with E-state index in [0.717, 1.165) is 19.3 Å². The molecule has 0 fully saturated rings. The summed E-state index contributed by atoms with van der Waals surface area (Å²) in [6, 6.07) is 0. The number of unbranched alkanes of at least 4 members (excludes halogenated alkanes) is 2. The quantitative estimate of drug-likeness (QED) is 0.320. The number of esters is 1. The Labute approximate surface area is 130 Å². The number of carbonyl (C=O) groups is 3. The number of carbonyl (C=O) groups excluding carboxylic acids is 1. The van der Waals surface area contributed by atoms with Gasteiger partial charge in [0.05, 0.1) is 6.42 Å². The van der Waals surface area contributed by atoms with Crippen molar-refractivity contribution in [2.24, 2.45) is 0 Å². The van der Waals surface area contributed by atoms with Gasteiger partial charge in [-0.1, -0.05) is 33.3 Å². The van der Waals surface area contributed by atoms with Gasteiger partial charge in [-0.2, -0.15) is 0 Å². The molecular formula is C15H26O7. The summed E-state index contributed by atoms with van der Waals surface area (Å²) in [5, 5.41) is 24.1. The Morgan fingerprint density at radius 3 is 2.09 bits per heavy atom. The molecule has 128 valence electrons. The monoisotopic (exact) mass is 318 g/mol. The van der Waals surface area contributed by atoms with Gasteiger partial charge in [0.25, 0.3) is 0 Å². The van der Waals surface area contributed by atoms with Crippen LogP contribution in [0.25, 0.3) is 0 Å². The number of aliphatic hydroxyl groups excluding tert-OH is 1. The van der Waals surface area contributed by atoms with Crippen LogP contribution in [-0.4, -0.2) is 45.4 Å². The van der Waals surface area contributed by atoms with Crippen molar-refractivity contribution in [3.8, 4) is 0 Å². The van der Waals surface area contributed by atoms with Gasteiger partial charge in [0, 0.05) is 6.08 Å². The Hall–Kier alpha value is -1.89. The first kappa shape index (κ1) is 22.4. The molecule has 0 aromatic heterocycles. The third kappa shape index (κ3) is 14.5. The van der Waals surface area contributed by atoms with Crippen LogP contribution >= 0.6 is 0 Å². The molecule has 0 saturated heterocycles. The summed E-state index contributed by atoms with van der Waals surface area (Å²) in [6.45, 7) is 7.57. The number of hydrogen-bond acceptors (Lipinski definition) is 5. The predicted octanol–water partition coefficient (Wildman–Crippen LogP) is 1.98. The van der Waals surface area contributed by atoms with Crippen molar-refractivity contribution in [2.45, 2.75) is 64.6 Å². The second-order valence-electron chi connectivity index (χ2n) is 4.62. The van der Waals surface area contributed by atoms with Crippen LogP contribution in [0.2, 0.25) is 0 Å². The maximum absolute atomic E-state index is 10.9. The third-order valence-corrected chi connectivity index (χ3v) is 2.69. The Morgan fingerprint density at radius 1 is 1.18 bits per heavy atom.